The molecular weight excluding hydrogens is 637 g/mol. The lowest BCUT2D eigenvalue weighted by Crippen LogP contribution is -2.03. The molecule has 11 rings (SSSR count). The van der Waals surface area contributed by atoms with Crippen molar-refractivity contribution < 1.29 is 4.42 Å². The van der Waals surface area contributed by atoms with Crippen LogP contribution in [-0.2, 0) is 0 Å². The summed E-state index contributed by atoms with van der Waals surface area (Å²) >= 11 is 0. The number of allylic oxidation sites excluding steroid dienone is 1. The molecule has 0 saturated carbocycles. The van der Waals surface area contributed by atoms with E-state index in [1.807, 2.05) is 30.3 Å². The highest BCUT2D eigenvalue weighted by Gasteiger charge is 2.27. The van der Waals surface area contributed by atoms with Crippen LogP contribution in [0.3, 0.4) is 0 Å². The summed E-state index contributed by atoms with van der Waals surface area (Å²) in [5.74, 6) is 0.598. The number of nitrogens with zero attached hydrogens (tertiary/aromatic N) is 4. The minimum absolute atomic E-state index is 0.598. The third-order valence-corrected chi connectivity index (χ3v) is 10.6. The fourth-order valence-electron chi connectivity index (χ4n) is 8.41. The maximum Gasteiger partial charge on any atom is 0.236 e. The van der Waals surface area contributed by atoms with Gasteiger partial charge in [0.15, 0.2) is 5.58 Å². The van der Waals surface area contributed by atoms with Gasteiger partial charge in [0.25, 0.3) is 0 Å². The molecule has 0 N–H and O–H groups in total. The number of aromatic nitrogens is 4. The van der Waals surface area contributed by atoms with Crippen LogP contribution in [0.4, 0.5) is 0 Å². The zero-order valence-electron chi connectivity index (χ0n) is 28.3. The fourth-order valence-corrected chi connectivity index (χ4v) is 8.41. The Balaban J connectivity index is 1.28. The van der Waals surface area contributed by atoms with Crippen molar-refractivity contribution in [2.75, 3.05) is 0 Å². The van der Waals surface area contributed by atoms with Crippen molar-refractivity contribution in [3.05, 3.63) is 157 Å². The molecule has 6 aromatic carbocycles. The highest BCUT2D eigenvalue weighted by atomic mass is 16.3. The molecule has 11 aromatic rings. The number of hydrogen-bond donors (Lipinski definition) is 0. The summed E-state index contributed by atoms with van der Waals surface area (Å²) in [7, 11) is 0. The van der Waals surface area contributed by atoms with Gasteiger partial charge in [0.1, 0.15) is 16.8 Å². The zero-order chi connectivity index (χ0) is 34.5. The van der Waals surface area contributed by atoms with Gasteiger partial charge in [0.05, 0.1) is 27.8 Å². The molecule has 0 fully saturated rings. The molecule has 0 radical (unpaired) electrons. The second-order valence-corrected chi connectivity index (χ2v) is 13.3. The summed E-state index contributed by atoms with van der Waals surface area (Å²) in [4.78, 5) is 10.8. The fraction of sp³-hybridized carbons (Fsp3) is 0.0213. The summed E-state index contributed by atoms with van der Waals surface area (Å²) in [6, 6.07) is 46.8. The van der Waals surface area contributed by atoms with Gasteiger partial charge in [-0.2, -0.15) is 0 Å². The van der Waals surface area contributed by atoms with Crippen LogP contribution in [0.15, 0.2) is 151 Å². The normalized spacial score (nSPS) is 12.3. The molecule has 5 nitrogen and oxygen atoms in total. The van der Waals surface area contributed by atoms with E-state index >= 15 is 0 Å². The van der Waals surface area contributed by atoms with Gasteiger partial charge in [0.2, 0.25) is 5.95 Å². The van der Waals surface area contributed by atoms with Gasteiger partial charge in [-0.3, -0.25) is 4.57 Å². The molecule has 244 valence electrons. The van der Waals surface area contributed by atoms with Gasteiger partial charge in [-0.05, 0) is 54.5 Å². The van der Waals surface area contributed by atoms with Crippen molar-refractivity contribution in [2.24, 2.45) is 0 Å². The van der Waals surface area contributed by atoms with E-state index in [4.69, 9.17) is 14.4 Å². The van der Waals surface area contributed by atoms with Crippen LogP contribution in [0.1, 0.15) is 18.2 Å². The van der Waals surface area contributed by atoms with Crippen LogP contribution in [0.5, 0.6) is 0 Å². The Bertz CT molecular complexity index is 3250. The molecule has 0 amide bonds. The van der Waals surface area contributed by atoms with Crippen LogP contribution in [0.25, 0.3) is 112 Å². The predicted octanol–water partition coefficient (Wildman–Crippen LogP) is 12.5. The molecule has 0 spiro atoms. The number of hydrogen-bond acceptors (Lipinski definition) is 3. The van der Waals surface area contributed by atoms with Gasteiger partial charge in [-0.25, -0.2) is 9.97 Å². The SMILES string of the molecule is C=Cc1c(/C=C\C)c2cc3c(c4ccccc4n3-c3nc(-c4ccc(-c5ccccc5)cc4)c4oc5ccccc5c4n3)c3c4ccccc4n1c23. The van der Waals surface area contributed by atoms with E-state index in [-0.39, 0.29) is 0 Å². The molecule has 0 unspecified atom stereocenters. The van der Waals surface area contributed by atoms with Gasteiger partial charge in [0, 0.05) is 43.4 Å². The minimum Gasteiger partial charge on any atom is -0.452 e. The minimum atomic E-state index is 0.598. The second kappa shape index (κ2) is 10.8. The van der Waals surface area contributed by atoms with Crippen molar-refractivity contribution in [2.45, 2.75) is 6.92 Å². The van der Waals surface area contributed by atoms with E-state index in [1.165, 1.54) is 38.1 Å². The molecule has 0 saturated heterocycles. The number of benzene rings is 6. The first-order chi connectivity index (χ1) is 25.7. The third-order valence-electron chi connectivity index (χ3n) is 10.6. The van der Waals surface area contributed by atoms with E-state index in [0.717, 1.165) is 61.0 Å². The van der Waals surface area contributed by atoms with Crippen LogP contribution < -0.4 is 0 Å². The lowest BCUT2D eigenvalue weighted by atomic mass is 10.0. The summed E-state index contributed by atoms with van der Waals surface area (Å²) in [5, 5.41) is 6.90. The van der Waals surface area contributed by atoms with Gasteiger partial charge in [-0.1, -0.05) is 122 Å². The molecule has 0 bridgehead atoms. The van der Waals surface area contributed by atoms with Crippen LogP contribution in [-0.4, -0.2) is 18.9 Å². The third kappa shape index (κ3) is 3.82. The highest BCUT2D eigenvalue weighted by Crippen LogP contribution is 2.46. The summed E-state index contributed by atoms with van der Waals surface area (Å²) in [5.41, 5.74) is 13.0. The molecule has 0 aliphatic heterocycles. The van der Waals surface area contributed by atoms with Crippen molar-refractivity contribution in [3.63, 3.8) is 0 Å². The topological polar surface area (TPSA) is 48.3 Å². The lowest BCUT2D eigenvalue weighted by molar-refractivity contribution is 0.666. The Morgan fingerprint density at radius 2 is 1.27 bits per heavy atom. The molecule has 5 heterocycles. The highest BCUT2D eigenvalue weighted by molar-refractivity contribution is 6.33. The first-order valence-electron chi connectivity index (χ1n) is 17.6. The second-order valence-electron chi connectivity index (χ2n) is 13.3. The summed E-state index contributed by atoms with van der Waals surface area (Å²) in [6.07, 6.45) is 6.29. The molecular formula is C47H30N4O. The first kappa shape index (κ1) is 28.8. The molecule has 0 aliphatic carbocycles. The number of furan rings is 1. The van der Waals surface area contributed by atoms with Gasteiger partial charge < -0.3 is 8.82 Å². The smallest absolute Gasteiger partial charge is 0.236 e. The standard InChI is InChI=1S/C47H30N4O/c1-3-14-31-35-27-39-41(42-33-18-9-11-20-37(33)50(45(35)42)36(31)4-2)32-17-8-12-21-38(32)51(39)47-48-43(46-44(49-47)34-19-10-13-22-40(34)52-46)30-25-23-29(24-26-30)28-15-6-5-7-16-28/h3-27H,2H2,1H3/b14-3-. The summed E-state index contributed by atoms with van der Waals surface area (Å²) < 4.78 is 11.2. The van der Waals surface area contributed by atoms with Crippen molar-refractivity contribution in [1.29, 1.82) is 0 Å². The number of para-hydroxylation sites is 3. The maximum atomic E-state index is 6.54. The molecule has 5 aromatic heterocycles. The molecule has 0 aliphatic rings. The zero-order valence-corrected chi connectivity index (χ0v) is 28.3. The van der Waals surface area contributed by atoms with Crippen LogP contribution >= 0.6 is 0 Å². The Hall–Kier alpha value is -6.98. The predicted molar refractivity (Wildman–Crippen MR) is 216 cm³/mol. The van der Waals surface area contributed by atoms with E-state index in [1.54, 1.807) is 0 Å². The Morgan fingerprint density at radius 3 is 2.04 bits per heavy atom. The number of rotatable bonds is 5. The van der Waals surface area contributed by atoms with E-state index in [0.29, 0.717) is 11.5 Å². The van der Waals surface area contributed by atoms with E-state index in [2.05, 4.69) is 144 Å². The number of fused-ring (bicyclic) bond motifs is 10. The largest absolute Gasteiger partial charge is 0.452 e. The van der Waals surface area contributed by atoms with Crippen molar-refractivity contribution in [1.82, 2.24) is 18.9 Å². The Kier molecular flexibility index (Phi) is 5.96. The van der Waals surface area contributed by atoms with Gasteiger partial charge >= 0.3 is 0 Å². The van der Waals surface area contributed by atoms with E-state index < -0.39 is 0 Å². The molecule has 5 heteroatoms. The molecule has 0 atom stereocenters. The van der Waals surface area contributed by atoms with Crippen molar-refractivity contribution >= 4 is 83.2 Å². The summed E-state index contributed by atoms with van der Waals surface area (Å²) in [6.45, 7) is 6.33. The van der Waals surface area contributed by atoms with E-state index in [9.17, 15) is 0 Å². The monoisotopic (exact) mass is 666 g/mol. The van der Waals surface area contributed by atoms with Crippen LogP contribution in [0.2, 0.25) is 0 Å². The quantitative estimate of drug-likeness (QED) is 0.184. The Morgan fingerprint density at radius 1 is 0.615 bits per heavy atom. The lowest BCUT2D eigenvalue weighted by Gasteiger charge is -2.10. The van der Waals surface area contributed by atoms with Crippen molar-refractivity contribution in [3.8, 4) is 28.3 Å². The Labute approximate surface area is 298 Å². The first-order valence-corrected chi connectivity index (χ1v) is 17.6. The molecule has 52 heavy (non-hydrogen) atoms. The average molecular weight is 667 g/mol. The van der Waals surface area contributed by atoms with Gasteiger partial charge in [-0.15, -0.1) is 0 Å². The maximum absolute atomic E-state index is 6.54. The van der Waals surface area contributed by atoms with Crippen LogP contribution in [0, 0.1) is 0 Å². The average Bonchev–Trinajstić information content (AvgIpc) is 3.93.